The number of benzene rings is 1. The van der Waals surface area contributed by atoms with Crippen molar-refractivity contribution in [3.8, 4) is 0 Å². The van der Waals surface area contributed by atoms with Crippen molar-refractivity contribution in [3.63, 3.8) is 0 Å². The molecule has 0 aliphatic carbocycles. The summed E-state index contributed by atoms with van der Waals surface area (Å²) in [5.74, 6) is 0. The highest BCUT2D eigenvalue weighted by atomic mass is 16.5. The van der Waals surface area contributed by atoms with Gasteiger partial charge in [0.25, 0.3) is 0 Å². The molecule has 3 nitrogen and oxygen atoms in total. The summed E-state index contributed by atoms with van der Waals surface area (Å²) in [6.45, 7) is 7.03. The lowest BCUT2D eigenvalue weighted by Gasteiger charge is -2.29. The number of hydrogen-bond acceptors (Lipinski definition) is 3. The SMILES string of the molecule is CCOCC1(CCc2ccccc2)CCN(Cc2cccnc2)C1. The lowest BCUT2D eigenvalue weighted by molar-refractivity contribution is 0.0489. The smallest absolute Gasteiger partial charge is 0.0535 e. The number of nitrogens with zero attached hydrogens (tertiary/aromatic N) is 2. The van der Waals surface area contributed by atoms with Gasteiger partial charge in [-0.05, 0) is 49.9 Å². The second-order valence-corrected chi connectivity index (χ2v) is 6.94. The minimum Gasteiger partial charge on any atom is -0.381 e. The van der Waals surface area contributed by atoms with Gasteiger partial charge in [0.05, 0.1) is 6.61 Å². The molecule has 1 aromatic carbocycles. The Morgan fingerprint density at radius 3 is 2.71 bits per heavy atom. The van der Waals surface area contributed by atoms with Gasteiger partial charge in [0.1, 0.15) is 0 Å². The molecule has 1 aromatic heterocycles. The van der Waals surface area contributed by atoms with E-state index in [1.165, 1.54) is 24.0 Å². The van der Waals surface area contributed by atoms with Gasteiger partial charge < -0.3 is 4.74 Å². The lowest BCUT2D eigenvalue weighted by atomic mass is 9.82. The van der Waals surface area contributed by atoms with Crippen LogP contribution in [0.3, 0.4) is 0 Å². The Hall–Kier alpha value is -1.71. The predicted octanol–water partition coefficient (Wildman–Crippen LogP) is 3.94. The number of ether oxygens (including phenoxy) is 1. The first-order chi connectivity index (χ1) is 11.8. The molecule has 0 bridgehead atoms. The summed E-state index contributed by atoms with van der Waals surface area (Å²) in [6, 6.07) is 15.0. The summed E-state index contributed by atoms with van der Waals surface area (Å²) in [7, 11) is 0. The fraction of sp³-hybridized carbons (Fsp3) is 0.476. The zero-order chi connectivity index (χ0) is 16.7. The first-order valence-corrected chi connectivity index (χ1v) is 9.03. The highest BCUT2D eigenvalue weighted by molar-refractivity contribution is 5.15. The molecule has 0 N–H and O–H groups in total. The highest BCUT2D eigenvalue weighted by Crippen LogP contribution is 2.36. The number of aryl methyl sites for hydroxylation is 1. The molecule has 1 atom stereocenters. The second kappa shape index (κ2) is 8.41. The predicted molar refractivity (Wildman–Crippen MR) is 97.8 cm³/mol. The summed E-state index contributed by atoms with van der Waals surface area (Å²) in [5.41, 5.74) is 3.01. The average molecular weight is 324 g/mol. The molecule has 3 heteroatoms. The number of aromatic nitrogens is 1. The maximum Gasteiger partial charge on any atom is 0.0535 e. The summed E-state index contributed by atoms with van der Waals surface area (Å²) >= 11 is 0. The molecule has 2 heterocycles. The Labute approximate surface area is 145 Å². The third kappa shape index (κ3) is 4.65. The van der Waals surface area contributed by atoms with Gasteiger partial charge in [-0.1, -0.05) is 36.4 Å². The molecule has 1 saturated heterocycles. The molecule has 3 rings (SSSR count). The minimum absolute atomic E-state index is 0.286. The van der Waals surface area contributed by atoms with E-state index in [-0.39, 0.29) is 5.41 Å². The van der Waals surface area contributed by atoms with Gasteiger partial charge >= 0.3 is 0 Å². The maximum atomic E-state index is 5.87. The van der Waals surface area contributed by atoms with Crippen LogP contribution in [0, 0.1) is 5.41 Å². The van der Waals surface area contributed by atoms with Gasteiger partial charge in [-0.15, -0.1) is 0 Å². The molecule has 24 heavy (non-hydrogen) atoms. The zero-order valence-electron chi connectivity index (χ0n) is 14.7. The van der Waals surface area contributed by atoms with Crippen molar-refractivity contribution in [2.45, 2.75) is 32.7 Å². The third-order valence-corrected chi connectivity index (χ3v) is 5.05. The van der Waals surface area contributed by atoms with Crippen LogP contribution in [0.1, 0.15) is 30.9 Å². The van der Waals surface area contributed by atoms with Crippen molar-refractivity contribution in [3.05, 3.63) is 66.0 Å². The Kier molecular flexibility index (Phi) is 6.00. The molecule has 1 unspecified atom stereocenters. The average Bonchev–Trinajstić information content (AvgIpc) is 3.03. The van der Waals surface area contributed by atoms with Gasteiger partial charge in [-0.3, -0.25) is 9.88 Å². The number of rotatable bonds is 8. The zero-order valence-corrected chi connectivity index (χ0v) is 14.7. The molecular formula is C21H28N2O. The highest BCUT2D eigenvalue weighted by Gasteiger charge is 2.37. The standard InChI is InChI=1S/C21H28N2O/c1-2-24-18-21(11-10-19-7-4-3-5-8-19)12-14-23(17-21)16-20-9-6-13-22-15-20/h3-9,13,15H,2,10-12,14,16-18H2,1H3. The first kappa shape index (κ1) is 17.1. The van der Waals surface area contributed by atoms with Crippen molar-refractivity contribution < 1.29 is 4.74 Å². The summed E-state index contributed by atoms with van der Waals surface area (Å²) in [4.78, 5) is 6.79. The molecule has 1 aliphatic rings. The fourth-order valence-electron chi connectivity index (χ4n) is 3.68. The molecule has 0 spiro atoms. The van der Waals surface area contributed by atoms with Crippen LogP contribution < -0.4 is 0 Å². The molecule has 0 radical (unpaired) electrons. The molecule has 2 aromatic rings. The van der Waals surface area contributed by atoms with Crippen LogP contribution in [0.15, 0.2) is 54.9 Å². The lowest BCUT2D eigenvalue weighted by Crippen LogP contribution is -2.32. The van der Waals surface area contributed by atoms with Crippen molar-refractivity contribution >= 4 is 0 Å². The molecule has 1 aliphatic heterocycles. The van der Waals surface area contributed by atoms with E-state index in [4.69, 9.17) is 4.74 Å². The van der Waals surface area contributed by atoms with E-state index in [1.54, 1.807) is 0 Å². The quantitative estimate of drug-likeness (QED) is 0.735. The van der Waals surface area contributed by atoms with E-state index in [0.29, 0.717) is 0 Å². The van der Waals surface area contributed by atoms with Crippen LogP contribution in [0.5, 0.6) is 0 Å². The van der Waals surface area contributed by atoms with E-state index in [1.807, 2.05) is 18.5 Å². The Morgan fingerprint density at radius 2 is 1.96 bits per heavy atom. The third-order valence-electron chi connectivity index (χ3n) is 5.05. The Morgan fingerprint density at radius 1 is 1.12 bits per heavy atom. The minimum atomic E-state index is 0.286. The van der Waals surface area contributed by atoms with Gasteiger partial charge in [-0.25, -0.2) is 0 Å². The molecule has 1 fully saturated rings. The summed E-state index contributed by atoms with van der Waals surface area (Å²) in [6.07, 6.45) is 7.37. The topological polar surface area (TPSA) is 25.4 Å². The molecule has 0 amide bonds. The van der Waals surface area contributed by atoms with E-state index < -0.39 is 0 Å². The van der Waals surface area contributed by atoms with Crippen molar-refractivity contribution in [1.29, 1.82) is 0 Å². The molecular weight excluding hydrogens is 296 g/mol. The van der Waals surface area contributed by atoms with E-state index in [2.05, 4.69) is 53.2 Å². The van der Waals surface area contributed by atoms with Crippen molar-refractivity contribution in [1.82, 2.24) is 9.88 Å². The fourth-order valence-corrected chi connectivity index (χ4v) is 3.68. The first-order valence-electron chi connectivity index (χ1n) is 9.03. The van der Waals surface area contributed by atoms with Crippen LogP contribution >= 0.6 is 0 Å². The van der Waals surface area contributed by atoms with E-state index in [9.17, 15) is 0 Å². The van der Waals surface area contributed by atoms with Gasteiger partial charge in [0, 0.05) is 37.5 Å². The monoisotopic (exact) mass is 324 g/mol. The van der Waals surface area contributed by atoms with Crippen LogP contribution in [0.25, 0.3) is 0 Å². The molecule has 128 valence electrons. The summed E-state index contributed by atoms with van der Waals surface area (Å²) in [5, 5.41) is 0. The van der Waals surface area contributed by atoms with Crippen LogP contribution in [-0.2, 0) is 17.7 Å². The van der Waals surface area contributed by atoms with Gasteiger partial charge in [0.2, 0.25) is 0 Å². The van der Waals surface area contributed by atoms with Crippen LogP contribution in [0.2, 0.25) is 0 Å². The normalized spacial score (nSPS) is 21.2. The second-order valence-electron chi connectivity index (χ2n) is 6.94. The number of likely N-dealkylation sites (tertiary alicyclic amines) is 1. The largest absolute Gasteiger partial charge is 0.381 e. The number of pyridine rings is 1. The molecule has 0 saturated carbocycles. The van der Waals surface area contributed by atoms with Gasteiger partial charge in [0.15, 0.2) is 0 Å². The van der Waals surface area contributed by atoms with E-state index >= 15 is 0 Å². The van der Waals surface area contributed by atoms with Gasteiger partial charge in [-0.2, -0.15) is 0 Å². The summed E-state index contributed by atoms with van der Waals surface area (Å²) < 4.78 is 5.87. The van der Waals surface area contributed by atoms with Crippen molar-refractivity contribution in [2.24, 2.45) is 5.41 Å². The van der Waals surface area contributed by atoms with Crippen LogP contribution in [-0.4, -0.2) is 36.2 Å². The van der Waals surface area contributed by atoms with Crippen molar-refractivity contribution in [2.75, 3.05) is 26.3 Å². The maximum absolute atomic E-state index is 5.87. The number of hydrogen-bond donors (Lipinski definition) is 0. The van der Waals surface area contributed by atoms with E-state index in [0.717, 1.165) is 39.3 Å². The van der Waals surface area contributed by atoms with Crippen LogP contribution in [0.4, 0.5) is 0 Å². The Balaban J connectivity index is 1.61. The Bertz CT molecular complexity index is 602.